The third kappa shape index (κ3) is 3.01. The van der Waals surface area contributed by atoms with E-state index >= 15 is 0 Å². The SMILES string of the molecule is O=C(O)C1CSCCN1C(=O)Cc1ccsc1. The zero-order chi connectivity index (χ0) is 12.3. The van der Waals surface area contributed by atoms with Crippen LogP contribution in [-0.4, -0.2) is 46.0 Å². The average Bonchev–Trinajstić information content (AvgIpc) is 2.81. The number of carbonyl (C=O) groups excluding carboxylic acids is 1. The summed E-state index contributed by atoms with van der Waals surface area (Å²) in [5.74, 6) is 0.316. The Bertz CT molecular complexity index is 405. The van der Waals surface area contributed by atoms with Crippen molar-refractivity contribution in [2.24, 2.45) is 0 Å². The largest absolute Gasteiger partial charge is 0.480 e. The summed E-state index contributed by atoms with van der Waals surface area (Å²) in [7, 11) is 0. The summed E-state index contributed by atoms with van der Waals surface area (Å²) in [6, 6.07) is 1.23. The summed E-state index contributed by atoms with van der Waals surface area (Å²) in [5.41, 5.74) is 0.961. The molecule has 2 rings (SSSR count). The number of aliphatic carboxylic acids is 1. The fraction of sp³-hybridized carbons (Fsp3) is 0.455. The van der Waals surface area contributed by atoms with Gasteiger partial charge in [0.1, 0.15) is 6.04 Å². The number of hydrogen-bond acceptors (Lipinski definition) is 4. The highest BCUT2D eigenvalue weighted by Crippen LogP contribution is 2.18. The topological polar surface area (TPSA) is 57.6 Å². The Labute approximate surface area is 108 Å². The van der Waals surface area contributed by atoms with Crippen LogP contribution in [-0.2, 0) is 16.0 Å². The molecule has 1 atom stereocenters. The maximum absolute atomic E-state index is 12.0. The van der Waals surface area contributed by atoms with Crippen LogP contribution < -0.4 is 0 Å². The van der Waals surface area contributed by atoms with E-state index in [0.717, 1.165) is 11.3 Å². The average molecular weight is 271 g/mol. The van der Waals surface area contributed by atoms with Crippen molar-refractivity contribution in [2.45, 2.75) is 12.5 Å². The van der Waals surface area contributed by atoms with Crippen LogP contribution in [0.15, 0.2) is 16.8 Å². The van der Waals surface area contributed by atoms with Crippen molar-refractivity contribution < 1.29 is 14.7 Å². The standard InChI is InChI=1S/C11H13NO3S2/c13-10(5-8-1-3-16-6-8)12-2-4-17-7-9(12)11(14)15/h1,3,6,9H,2,4-5,7H2,(H,14,15). The monoisotopic (exact) mass is 271 g/mol. The second kappa shape index (κ2) is 5.55. The van der Waals surface area contributed by atoms with E-state index in [1.54, 1.807) is 23.1 Å². The number of carboxylic acid groups (broad SMARTS) is 1. The number of rotatable bonds is 3. The van der Waals surface area contributed by atoms with E-state index in [-0.39, 0.29) is 5.91 Å². The Morgan fingerprint density at radius 2 is 2.35 bits per heavy atom. The number of thiophene rings is 1. The van der Waals surface area contributed by atoms with Crippen LogP contribution in [0.25, 0.3) is 0 Å². The van der Waals surface area contributed by atoms with Gasteiger partial charge in [0.25, 0.3) is 0 Å². The zero-order valence-electron chi connectivity index (χ0n) is 9.17. The van der Waals surface area contributed by atoms with Crippen LogP contribution in [0.1, 0.15) is 5.56 Å². The van der Waals surface area contributed by atoms with Gasteiger partial charge in [0.15, 0.2) is 0 Å². The van der Waals surface area contributed by atoms with E-state index in [4.69, 9.17) is 5.11 Å². The predicted molar refractivity (Wildman–Crippen MR) is 68.5 cm³/mol. The molecule has 0 aliphatic carbocycles. The molecule has 1 aliphatic heterocycles. The Morgan fingerprint density at radius 1 is 1.53 bits per heavy atom. The molecule has 1 unspecified atom stereocenters. The highest BCUT2D eigenvalue weighted by Gasteiger charge is 2.32. The fourth-order valence-corrected chi connectivity index (χ4v) is 3.48. The third-order valence-electron chi connectivity index (χ3n) is 2.67. The molecule has 0 bridgehead atoms. The summed E-state index contributed by atoms with van der Waals surface area (Å²) in [4.78, 5) is 24.6. The molecule has 1 aromatic heterocycles. The van der Waals surface area contributed by atoms with Crippen LogP contribution in [0.5, 0.6) is 0 Å². The third-order valence-corrected chi connectivity index (χ3v) is 4.42. The zero-order valence-corrected chi connectivity index (χ0v) is 10.8. The Balaban J connectivity index is 2.03. The summed E-state index contributed by atoms with van der Waals surface area (Å²) < 4.78 is 0. The van der Waals surface area contributed by atoms with Crippen molar-refractivity contribution in [1.29, 1.82) is 0 Å². The lowest BCUT2D eigenvalue weighted by Gasteiger charge is -2.32. The van der Waals surface area contributed by atoms with Gasteiger partial charge in [0.05, 0.1) is 6.42 Å². The van der Waals surface area contributed by atoms with E-state index in [9.17, 15) is 9.59 Å². The quantitative estimate of drug-likeness (QED) is 0.901. The minimum Gasteiger partial charge on any atom is -0.480 e. The number of nitrogens with zero attached hydrogens (tertiary/aromatic N) is 1. The first-order chi connectivity index (χ1) is 8.18. The van der Waals surface area contributed by atoms with Crippen molar-refractivity contribution in [3.05, 3.63) is 22.4 Å². The molecule has 2 heterocycles. The van der Waals surface area contributed by atoms with Gasteiger partial charge in [-0.2, -0.15) is 23.1 Å². The van der Waals surface area contributed by atoms with Crippen LogP contribution in [0.4, 0.5) is 0 Å². The first-order valence-electron chi connectivity index (χ1n) is 5.29. The maximum atomic E-state index is 12.0. The lowest BCUT2D eigenvalue weighted by molar-refractivity contribution is -0.148. The highest BCUT2D eigenvalue weighted by atomic mass is 32.2. The van der Waals surface area contributed by atoms with Gasteiger partial charge in [-0.25, -0.2) is 4.79 Å². The van der Waals surface area contributed by atoms with Crippen molar-refractivity contribution in [3.63, 3.8) is 0 Å². The van der Waals surface area contributed by atoms with Crippen LogP contribution in [0.2, 0.25) is 0 Å². The normalized spacial score (nSPS) is 20.2. The fourth-order valence-electron chi connectivity index (χ4n) is 1.78. The lowest BCUT2D eigenvalue weighted by Crippen LogP contribution is -2.50. The second-order valence-electron chi connectivity index (χ2n) is 3.82. The summed E-state index contributed by atoms with van der Waals surface area (Å²) in [6.45, 7) is 0.532. The van der Waals surface area contributed by atoms with Gasteiger partial charge in [-0.1, -0.05) is 0 Å². The molecule has 17 heavy (non-hydrogen) atoms. The summed E-state index contributed by atoms with van der Waals surface area (Å²) >= 11 is 3.13. The summed E-state index contributed by atoms with van der Waals surface area (Å²) in [6.07, 6.45) is 0.304. The summed E-state index contributed by atoms with van der Waals surface area (Å²) in [5, 5.41) is 12.9. The molecule has 0 radical (unpaired) electrons. The molecule has 1 N–H and O–H groups in total. The van der Waals surface area contributed by atoms with Crippen LogP contribution >= 0.6 is 23.1 Å². The number of hydrogen-bond donors (Lipinski definition) is 1. The second-order valence-corrected chi connectivity index (χ2v) is 5.75. The molecule has 1 amide bonds. The van der Waals surface area contributed by atoms with Gasteiger partial charge in [-0.15, -0.1) is 0 Å². The molecule has 1 aromatic rings. The molecule has 1 saturated heterocycles. The highest BCUT2D eigenvalue weighted by molar-refractivity contribution is 7.99. The molecular formula is C11H13NO3S2. The van der Waals surface area contributed by atoms with E-state index in [1.807, 2.05) is 16.8 Å². The number of carbonyl (C=O) groups is 2. The predicted octanol–water partition coefficient (Wildman–Crippen LogP) is 1.32. The van der Waals surface area contributed by atoms with E-state index in [0.29, 0.717) is 18.7 Å². The molecule has 92 valence electrons. The number of carboxylic acids is 1. The Morgan fingerprint density at radius 3 is 3.00 bits per heavy atom. The van der Waals surface area contributed by atoms with Gasteiger partial charge in [0.2, 0.25) is 5.91 Å². The van der Waals surface area contributed by atoms with Gasteiger partial charge < -0.3 is 10.0 Å². The smallest absolute Gasteiger partial charge is 0.327 e. The maximum Gasteiger partial charge on any atom is 0.327 e. The van der Waals surface area contributed by atoms with Gasteiger partial charge in [0, 0.05) is 18.1 Å². The molecule has 1 aliphatic rings. The van der Waals surface area contributed by atoms with Crippen molar-refractivity contribution in [2.75, 3.05) is 18.1 Å². The Kier molecular flexibility index (Phi) is 4.06. The van der Waals surface area contributed by atoms with Crippen LogP contribution in [0.3, 0.4) is 0 Å². The van der Waals surface area contributed by atoms with Gasteiger partial charge in [-0.05, 0) is 22.4 Å². The van der Waals surface area contributed by atoms with Crippen molar-refractivity contribution >= 4 is 35.0 Å². The van der Waals surface area contributed by atoms with Crippen LogP contribution in [0, 0.1) is 0 Å². The molecule has 6 heteroatoms. The van der Waals surface area contributed by atoms with E-state index < -0.39 is 12.0 Å². The molecular weight excluding hydrogens is 258 g/mol. The van der Waals surface area contributed by atoms with Crippen molar-refractivity contribution in [1.82, 2.24) is 4.90 Å². The lowest BCUT2D eigenvalue weighted by atomic mass is 10.2. The number of amides is 1. The molecule has 0 saturated carbocycles. The van der Waals surface area contributed by atoms with E-state index in [2.05, 4.69) is 0 Å². The molecule has 4 nitrogen and oxygen atoms in total. The minimum atomic E-state index is -0.907. The van der Waals surface area contributed by atoms with Crippen molar-refractivity contribution in [3.8, 4) is 0 Å². The molecule has 0 spiro atoms. The van der Waals surface area contributed by atoms with E-state index in [1.165, 1.54) is 4.90 Å². The van der Waals surface area contributed by atoms with Gasteiger partial charge >= 0.3 is 5.97 Å². The molecule has 0 aromatic carbocycles. The first kappa shape index (κ1) is 12.4. The molecule has 1 fully saturated rings. The van der Waals surface area contributed by atoms with Gasteiger partial charge in [-0.3, -0.25) is 4.79 Å². The minimum absolute atomic E-state index is 0.0869. The first-order valence-corrected chi connectivity index (χ1v) is 7.39. The number of thioether (sulfide) groups is 1. The Hall–Kier alpha value is -1.01.